The van der Waals surface area contributed by atoms with Crippen LogP contribution in [0.25, 0.3) is 0 Å². The number of carbonyl (C=O) groups excluding carboxylic acids is 1. The van der Waals surface area contributed by atoms with Crippen LogP contribution in [-0.4, -0.2) is 9.81 Å². The molecule has 0 radical (unpaired) electrons. The summed E-state index contributed by atoms with van der Waals surface area (Å²) in [5.74, 6) is -0.547. The molecule has 5 heteroatoms. The molecule has 3 nitrogen and oxygen atoms in total. The summed E-state index contributed by atoms with van der Waals surface area (Å²) in [6.45, 7) is 0. The fraction of sp³-hybridized carbons (Fsp3) is 0.167. The van der Waals surface area contributed by atoms with Gasteiger partial charge in [-0.05, 0) is 34.3 Å². The third kappa shape index (κ3) is 1.75. The molecule has 0 saturated heterocycles. The van der Waals surface area contributed by atoms with Crippen LogP contribution in [0.2, 0.25) is 0 Å². The minimum absolute atomic E-state index is 0.293. The smallest absolute Gasteiger partial charge is 0.249 e. The molecule has 3 N–H and O–H groups in total. The Bertz CT molecular complexity index is 247. The van der Waals surface area contributed by atoms with Crippen molar-refractivity contribution in [1.29, 1.82) is 0 Å². The van der Waals surface area contributed by atoms with Gasteiger partial charge in [-0.3, -0.25) is 4.79 Å². The molecule has 1 aliphatic rings. The van der Waals surface area contributed by atoms with E-state index in [0.29, 0.717) is 5.57 Å². The van der Waals surface area contributed by atoms with Crippen molar-refractivity contribution in [1.82, 2.24) is 5.32 Å². The molecule has 11 heavy (non-hydrogen) atoms. The number of hydrogen-bond donors (Lipinski definition) is 2. The third-order valence-corrected chi connectivity index (χ3v) is 2.20. The quantitative estimate of drug-likeness (QED) is 0.524. The average Bonchev–Trinajstić information content (AvgIpc) is 1.85. The standard InChI is InChI=1S/C6H6BrClN2O/c7-6(8)4(5(9)11)2-1-3-10-6/h1-3,10H,(H2,9,11)/t6-/m1/s1. The van der Waals surface area contributed by atoms with E-state index in [0.717, 1.165) is 0 Å². The van der Waals surface area contributed by atoms with Crippen LogP contribution >= 0.6 is 27.5 Å². The summed E-state index contributed by atoms with van der Waals surface area (Å²) >= 11 is 8.91. The summed E-state index contributed by atoms with van der Waals surface area (Å²) in [6.07, 6.45) is 4.83. The summed E-state index contributed by atoms with van der Waals surface area (Å²) in [5.41, 5.74) is 5.34. The van der Waals surface area contributed by atoms with E-state index in [9.17, 15) is 4.79 Å². The molecule has 0 aromatic carbocycles. The Kier molecular flexibility index (Phi) is 2.25. The Labute approximate surface area is 77.4 Å². The summed E-state index contributed by atoms with van der Waals surface area (Å²) in [5, 5.41) is 2.72. The van der Waals surface area contributed by atoms with E-state index in [4.69, 9.17) is 17.3 Å². The number of amides is 1. The molecule has 0 saturated carbocycles. The Morgan fingerprint density at radius 2 is 2.45 bits per heavy atom. The average molecular weight is 237 g/mol. The molecule has 0 fully saturated rings. The van der Waals surface area contributed by atoms with Gasteiger partial charge in [0.1, 0.15) is 0 Å². The molecule has 1 heterocycles. The number of allylic oxidation sites excluding steroid dienone is 2. The van der Waals surface area contributed by atoms with Crippen LogP contribution < -0.4 is 11.1 Å². The lowest BCUT2D eigenvalue weighted by Crippen LogP contribution is -2.38. The maximum absolute atomic E-state index is 10.7. The first-order chi connectivity index (χ1) is 5.04. The third-order valence-electron chi connectivity index (χ3n) is 1.23. The molecule has 0 bridgehead atoms. The molecule has 0 aromatic rings. The Morgan fingerprint density at radius 1 is 1.82 bits per heavy atom. The van der Waals surface area contributed by atoms with Crippen LogP contribution in [0.1, 0.15) is 0 Å². The van der Waals surface area contributed by atoms with Crippen molar-refractivity contribution in [2.45, 2.75) is 3.91 Å². The molecule has 1 amide bonds. The number of alkyl halides is 2. The maximum atomic E-state index is 10.7. The number of dihydropyridines is 1. The van der Waals surface area contributed by atoms with E-state index in [1.165, 1.54) is 0 Å². The molecule has 0 spiro atoms. The van der Waals surface area contributed by atoms with Gasteiger partial charge in [0, 0.05) is 0 Å². The molecule has 0 unspecified atom stereocenters. The van der Waals surface area contributed by atoms with Gasteiger partial charge in [-0.15, -0.1) is 0 Å². The first kappa shape index (κ1) is 8.62. The first-order valence-electron chi connectivity index (χ1n) is 2.86. The van der Waals surface area contributed by atoms with Crippen molar-refractivity contribution in [3.63, 3.8) is 0 Å². The lowest BCUT2D eigenvalue weighted by molar-refractivity contribution is -0.114. The number of rotatable bonds is 1. The first-order valence-corrected chi connectivity index (χ1v) is 4.04. The van der Waals surface area contributed by atoms with Gasteiger partial charge in [0.2, 0.25) is 5.91 Å². The van der Waals surface area contributed by atoms with Crippen molar-refractivity contribution in [2.24, 2.45) is 5.73 Å². The van der Waals surface area contributed by atoms with Gasteiger partial charge in [-0.2, -0.15) is 0 Å². The number of carbonyl (C=O) groups is 1. The minimum Gasteiger partial charge on any atom is -0.366 e. The molecule has 0 aromatic heterocycles. The fourth-order valence-electron chi connectivity index (χ4n) is 0.716. The summed E-state index contributed by atoms with van der Waals surface area (Å²) < 4.78 is -1.05. The highest BCUT2D eigenvalue weighted by atomic mass is 79.9. The maximum Gasteiger partial charge on any atom is 0.249 e. The van der Waals surface area contributed by atoms with Crippen molar-refractivity contribution in [3.8, 4) is 0 Å². The number of halogens is 2. The second-order valence-corrected chi connectivity index (χ2v) is 4.24. The Hall–Kier alpha value is -0.480. The summed E-state index contributed by atoms with van der Waals surface area (Å²) in [6, 6.07) is 0. The monoisotopic (exact) mass is 236 g/mol. The molecule has 1 aliphatic heterocycles. The van der Waals surface area contributed by atoms with Crippen LogP contribution in [0.5, 0.6) is 0 Å². The Balaban J connectivity index is 2.97. The molecule has 1 rings (SSSR count). The number of nitrogens with two attached hydrogens (primary N) is 1. The zero-order valence-corrected chi connectivity index (χ0v) is 7.82. The molecule has 0 aliphatic carbocycles. The molecular formula is C6H6BrClN2O. The highest BCUT2D eigenvalue weighted by molar-refractivity contribution is 9.10. The fourth-order valence-corrected chi connectivity index (χ4v) is 1.40. The van der Waals surface area contributed by atoms with Crippen LogP contribution in [0.4, 0.5) is 0 Å². The molecular weight excluding hydrogens is 231 g/mol. The number of primary amides is 1. The van der Waals surface area contributed by atoms with Gasteiger partial charge in [0.15, 0.2) is 3.91 Å². The van der Waals surface area contributed by atoms with Crippen LogP contribution in [-0.2, 0) is 4.79 Å². The topological polar surface area (TPSA) is 55.1 Å². The van der Waals surface area contributed by atoms with Crippen LogP contribution in [0.3, 0.4) is 0 Å². The second-order valence-electron chi connectivity index (χ2n) is 2.02. The van der Waals surface area contributed by atoms with Gasteiger partial charge >= 0.3 is 0 Å². The highest BCUT2D eigenvalue weighted by Gasteiger charge is 2.31. The van der Waals surface area contributed by atoms with E-state index >= 15 is 0 Å². The lowest BCUT2D eigenvalue weighted by atomic mass is 10.2. The predicted octanol–water partition coefficient (Wildman–Crippen LogP) is 0.802. The van der Waals surface area contributed by atoms with Gasteiger partial charge in [0.05, 0.1) is 5.57 Å². The van der Waals surface area contributed by atoms with E-state index in [2.05, 4.69) is 21.2 Å². The molecule has 1 atom stereocenters. The van der Waals surface area contributed by atoms with Crippen molar-refractivity contribution < 1.29 is 4.79 Å². The van der Waals surface area contributed by atoms with Crippen molar-refractivity contribution >= 4 is 33.4 Å². The van der Waals surface area contributed by atoms with Gasteiger partial charge < -0.3 is 11.1 Å². The Morgan fingerprint density at radius 3 is 2.82 bits per heavy atom. The lowest BCUT2D eigenvalue weighted by Gasteiger charge is -2.23. The summed E-state index contributed by atoms with van der Waals surface area (Å²) in [7, 11) is 0. The zero-order chi connectivity index (χ0) is 8.48. The highest BCUT2D eigenvalue weighted by Crippen LogP contribution is 2.30. The zero-order valence-electron chi connectivity index (χ0n) is 5.47. The summed E-state index contributed by atoms with van der Waals surface area (Å²) in [4.78, 5) is 10.7. The van der Waals surface area contributed by atoms with Crippen LogP contribution in [0.15, 0.2) is 23.9 Å². The van der Waals surface area contributed by atoms with Gasteiger partial charge in [-0.25, -0.2) is 0 Å². The van der Waals surface area contributed by atoms with E-state index in [-0.39, 0.29) is 0 Å². The van der Waals surface area contributed by atoms with E-state index in [1.807, 2.05) is 0 Å². The van der Waals surface area contributed by atoms with E-state index < -0.39 is 9.81 Å². The molecule has 60 valence electrons. The van der Waals surface area contributed by atoms with Gasteiger partial charge in [0.25, 0.3) is 0 Å². The number of hydrogen-bond acceptors (Lipinski definition) is 2. The SMILES string of the molecule is NC(=O)C1=CC=CN[C@@]1(Cl)Br. The van der Waals surface area contributed by atoms with Crippen molar-refractivity contribution in [2.75, 3.05) is 0 Å². The largest absolute Gasteiger partial charge is 0.366 e. The minimum atomic E-state index is -1.05. The van der Waals surface area contributed by atoms with Crippen LogP contribution in [0, 0.1) is 0 Å². The predicted molar refractivity (Wildman–Crippen MR) is 47.1 cm³/mol. The normalized spacial score (nSPS) is 29.1. The number of nitrogens with one attached hydrogen (secondary N) is 1. The van der Waals surface area contributed by atoms with Gasteiger partial charge in [-0.1, -0.05) is 11.6 Å². The van der Waals surface area contributed by atoms with E-state index in [1.54, 1.807) is 18.4 Å². The second kappa shape index (κ2) is 2.87. The van der Waals surface area contributed by atoms with Crippen molar-refractivity contribution in [3.05, 3.63) is 23.9 Å².